The van der Waals surface area contributed by atoms with E-state index in [1.54, 1.807) is 23.6 Å². The highest BCUT2D eigenvalue weighted by Crippen LogP contribution is 2.40. The van der Waals surface area contributed by atoms with Crippen LogP contribution in [0, 0.1) is 5.82 Å². The quantitative estimate of drug-likeness (QED) is 0.529. The number of hydrogen-bond acceptors (Lipinski definition) is 5. The zero-order valence-corrected chi connectivity index (χ0v) is 16.1. The molecule has 1 atom stereocenters. The normalized spacial score (nSPS) is 19.7. The first-order valence-corrected chi connectivity index (χ1v) is 9.67. The average molecular weight is 394 g/mol. The van der Waals surface area contributed by atoms with Crippen molar-refractivity contribution in [2.24, 2.45) is 0 Å². The summed E-state index contributed by atoms with van der Waals surface area (Å²) in [5.74, 6) is -1.08. The van der Waals surface area contributed by atoms with Crippen molar-refractivity contribution in [3.8, 4) is 11.4 Å². The van der Waals surface area contributed by atoms with E-state index in [9.17, 15) is 19.1 Å². The Bertz CT molecular complexity index is 1280. The largest absolute Gasteiger partial charge is 0.458 e. The van der Waals surface area contributed by atoms with Gasteiger partial charge in [-0.15, -0.1) is 0 Å². The number of aromatic nitrogens is 2. The van der Waals surface area contributed by atoms with E-state index in [1.807, 2.05) is 6.92 Å². The standard InChI is InChI=1S/C22H19FN2O4/c1-3-12-13-7-11(23)5-6-17(13)24-19-14(12)9-25-18(19)8-16-15(20(25)26)10-29-21(27)22(16,28)4-2/h5-8,28H,3-4,9-10H2,1-2H3/t22-/m0/s1. The number of carbonyl (C=O) groups is 1. The molecule has 2 aliphatic rings. The molecule has 2 aromatic heterocycles. The molecule has 0 amide bonds. The van der Waals surface area contributed by atoms with Gasteiger partial charge in [-0.1, -0.05) is 13.8 Å². The minimum Gasteiger partial charge on any atom is -0.458 e. The molecule has 148 valence electrons. The lowest BCUT2D eigenvalue weighted by Crippen LogP contribution is -2.44. The van der Waals surface area contributed by atoms with Crippen LogP contribution in [0.4, 0.5) is 4.39 Å². The molecular formula is C22H19FN2O4. The van der Waals surface area contributed by atoms with Crippen molar-refractivity contribution in [3.05, 3.63) is 62.7 Å². The molecule has 0 saturated carbocycles. The van der Waals surface area contributed by atoms with E-state index >= 15 is 0 Å². The molecule has 3 aromatic rings. The fourth-order valence-corrected chi connectivity index (χ4v) is 4.54. The Balaban J connectivity index is 1.84. The lowest BCUT2D eigenvalue weighted by Gasteiger charge is -2.31. The van der Waals surface area contributed by atoms with Crippen LogP contribution in [0.2, 0.25) is 0 Å². The molecule has 7 heteroatoms. The van der Waals surface area contributed by atoms with Gasteiger partial charge in [0.25, 0.3) is 5.56 Å². The van der Waals surface area contributed by atoms with Gasteiger partial charge < -0.3 is 14.4 Å². The fraction of sp³-hybridized carbons (Fsp3) is 0.318. The predicted octanol–water partition coefficient (Wildman–Crippen LogP) is 2.78. The van der Waals surface area contributed by atoms with E-state index in [2.05, 4.69) is 0 Å². The summed E-state index contributed by atoms with van der Waals surface area (Å²) in [6, 6.07) is 6.15. The molecule has 5 rings (SSSR count). The van der Waals surface area contributed by atoms with Crippen LogP contribution < -0.4 is 5.56 Å². The number of benzene rings is 1. The fourth-order valence-electron chi connectivity index (χ4n) is 4.54. The first-order chi connectivity index (χ1) is 13.9. The van der Waals surface area contributed by atoms with Crippen LogP contribution in [0.25, 0.3) is 22.3 Å². The Hall–Kier alpha value is -3.06. The maximum atomic E-state index is 13.8. The van der Waals surface area contributed by atoms with Gasteiger partial charge in [-0.25, -0.2) is 14.2 Å². The van der Waals surface area contributed by atoms with Gasteiger partial charge in [0.1, 0.15) is 12.4 Å². The average Bonchev–Trinajstić information content (AvgIpc) is 3.08. The Morgan fingerprint density at radius 1 is 1.24 bits per heavy atom. The summed E-state index contributed by atoms with van der Waals surface area (Å²) in [6.07, 6.45) is 0.757. The van der Waals surface area contributed by atoms with E-state index in [0.717, 1.165) is 16.5 Å². The van der Waals surface area contributed by atoms with Crippen molar-refractivity contribution in [2.45, 2.75) is 45.4 Å². The van der Waals surface area contributed by atoms with Crippen LogP contribution in [0.15, 0.2) is 29.1 Å². The molecule has 6 nitrogen and oxygen atoms in total. The van der Waals surface area contributed by atoms with E-state index in [4.69, 9.17) is 9.72 Å². The molecule has 2 aliphatic heterocycles. The van der Waals surface area contributed by atoms with Gasteiger partial charge in [0.15, 0.2) is 5.60 Å². The third kappa shape index (κ3) is 2.28. The highest BCUT2D eigenvalue weighted by molar-refractivity contribution is 5.89. The van der Waals surface area contributed by atoms with Gasteiger partial charge in [0, 0.05) is 16.5 Å². The summed E-state index contributed by atoms with van der Waals surface area (Å²) in [5.41, 5.74) is 2.10. The number of nitrogens with zero attached hydrogens (tertiary/aromatic N) is 2. The van der Waals surface area contributed by atoms with Crippen LogP contribution in [0.1, 0.15) is 42.5 Å². The molecule has 0 fully saturated rings. The van der Waals surface area contributed by atoms with Crippen LogP contribution >= 0.6 is 0 Å². The smallest absolute Gasteiger partial charge is 0.343 e. The molecule has 0 radical (unpaired) electrons. The topological polar surface area (TPSA) is 81.4 Å². The van der Waals surface area contributed by atoms with Crippen LogP contribution in [-0.4, -0.2) is 20.6 Å². The second-order valence-electron chi connectivity index (χ2n) is 7.54. The zero-order valence-electron chi connectivity index (χ0n) is 16.1. The van der Waals surface area contributed by atoms with Crippen molar-refractivity contribution < 1.29 is 19.0 Å². The summed E-state index contributed by atoms with van der Waals surface area (Å²) in [4.78, 5) is 30.2. The number of ether oxygens (including phenoxy) is 1. The summed E-state index contributed by atoms with van der Waals surface area (Å²) in [5, 5.41) is 11.7. The molecule has 0 saturated heterocycles. The number of fused-ring (bicyclic) bond motifs is 5. The first kappa shape index (κ1) is 18.0. The predicted molar refractivity (Wildman–Crippen MR) is 104 cm³/mol. The van der Waals surface area contributed by atoms with Gasteiger partial charge >= 0.3 is 5.97 Å². The minimum absolute atomic E-state index is 0.0964. The molecule has 0 unspecified atom stereocenters. The summed E-state index contributed by atoms with van der Waals surface area (Å²) in [7, 11) is 0. The van der Waals surface area contributed by atoms with Crippen molar-refractivity contribution in [2.75, 3.05) is 0 Å². The van der Waals surface area contributed by atoms with Crippen molar-refractivity contribution in [1.82, 2.24) is 9.55 Å². The number of pyridine rings is 2. The third-order valence-corrected chi connectivity index (χ3v) is 6.12. The Morgan fingerprint density at radius 3 is 2.76 bits per heavy atom. The monoisotopic (exact) mass is 394 g/mol. The molecule has 4 heterocycles. The van der Waals surface area contributed by atoms with Gasteiger partial charge in [0.05, 0.1) is 29.0 Å². The lowest BCUT2D eigenvalue weighted by atomic mass is 9.86. The van der Waals surface area contributed by atoms with E-state index in [1.165, 1.54) is 12.1 Å². The second kappa shape index (κ2) is 5.97. The number of hydrogen-bond donors (Lipinski definition) is 1. The molecule has 1 N–H and O–H groups in total. The lowest BCUT2D eigenvalue weighted by molar-refractivity contribution is -0.172. The van der Waals surface area contributed by atoms with E-state index < -0.39 is 11.6 Å². The minimum atomic E-state index is -1.85. The number of aryl methyl sites for hydroxylation is 1. The van der Waals surface area contributed by atoms with E-state index in [-0.39, 0.29) is 24.4 Å². The number of rotatable bonds is 2. The number of esters is 1. The number of cyclic esters (lactones) is 1. The zero-order chi connectivity index (χ0) is 20.5. The van der Waals surface area contributed by atoms with Gasteiger partial charge in [-0.3, -0.25) is 4.79 Å². The van der Waals surface area contributed by atoms with Crippen LogP contribution in [-0.2, 0) is 34.7 Å². The molecule has 1 aromatic carbocycles. The summed E-state index contributed by atoms with van der Waals surface area (Å²) < 4.78 is 20.5. The molecule has 0 aliphatic carbocycles. The molecule has 29 heavy (non-hydrogen) atoms. The second-order valence-corrected chi connectivity index (χ2v) is 7.54. The SMILES string of the molecule is CCc1c2c(nc3ccc(F)cc13)-c1cc3c(c(=O)n1C2)COC(=O)[C@]3(O)CC. The van der Waals surface area contributed by atoms with Crippen LogP contribution in [0.5, 0.6) is 0 Å². The van der Waals surface area contributed by atoms with Crippen molar-refractivity contribution in [1.29, 1.82) is 0 Å². The highest BCUT2D eigenvalue weighted by atomic mass is 19.1. The van der Waals surface area contributed by atoms with Gasteiger partial charge in [-0.05, 0) is 42.7 Å². The number of carbonyl (C=O) groups excluding carboxylic acids is 1. The van der Waals surface area contributed by atoms with Crippen molar-refractivity contribution >= 4 is 16.9 Å². The van der Waals surface area contributed by atoms with Gasteiger partial charge in [0.2, 0.25) is 0 Å². The Kier molecular flexibility index (Phi) is 3.70. The first-order valence-electron chi connectivity index (χ1n) is 9.67. The maximum Gasteiger partial charge on any atom is 0.343 e. The molecule has 0 bridgehead atoms. The summed E-state index contributed by atoms with van der Waals surface area (Å²) in [6.45, 7) is 3.81. The summed E-state index contributed by atoms with van der Waals surface area (Å²) >= 11 is 0. The maximum absolute atomic E-state index is 13.8. The molecule has 0 spiro atoms. The Morgan fingerprint density at radius 2 is 2.03 bits per heavy atom. The Labute approximate surface area is 165 Å². The number of halogens is 1. The molecular weight excluding hydrogens is 375 g/mol. The number of aliphatic hydroxyl groups is 1. The van der Waals surface area contributed by atoms with Gasteiger partial charge in [-0.2, -0.15) is 0 Å². The van der Waals surface area contributed by atoms with E-state index in [0.29, 0.717) is 41.0 Å². The highest BCUT2D eigenvalue weighted by Gasteiger charge is 2.45. The van der Waals surface area contributed by atoms with Crippen LogP contribution in [0.3, 0.4) is 0 Å². The third-order valence-electron chi connectivity index (χ3n) is 6.12. The van der Waals surface area contributed by atoms with Crippen molar-refractivity contribution in [3.63, 3.8) is 0 Å².